The number of nitriles is 1. The standard InChI is InChI=1S/C29H36N6O6/c1-5-41-26(39)12-24(18-6-17(13-30)7-20(8-18)29(2,3)4)35-25(38)16-31-27(40)19-9-21(11-22(36)10-19)34-28-32-14-23(37)15-33-28/h6-11,23-24,36-37H,5,12,14-16H2,1-4H3,(H,31,40)(H,35,38)(H2,32,33,34)/t24-/m0/s1. The third-order valence-corrected chi connectivity index (χ3v) is 6.18. The van der Waals surface area contributed by atoms with Gasteiger partial charge in [-0.1, -0.05) is 26.8 Å². The molecule has 1 aliphatic rings. The minimum Gasteiger partial charge on any atom is -0.508 e. The van der Waals surface area contributed by atoms with Crippen LogP contribution in [0.25, 0.3) is 0 Å². The molecule has 0 aromatic heterocycles. The summed E-state index contributed by atoms with van der Waals surface area (Å²) in [5.74, 6) is -1.49. The quantitative estimate of drug-likeness (QED) is 0.247. The molecular weight excluding hydrogens is 528 g/mol. The average Bonchev–Trinajstić information content (AvgIpc) is 2.91. The van der Waals surface area contributed by atoms with Gasteiger partial charge in [-0.3, -0.25) is 19.4 Å². The number of aliphatic hydroxyl groups excluding tert-OH is 1. The molecule has 2 aromatic carbocycles. The van der Waals surface area contributed by atoms with Crippen LogP contribution in [0.15, 0.2) is 41.4 Å². The van der Waals surface area contributed by atoms with Gasteiger partial charge in [0.2, 0.25) is 5.91 Å². The van der Waals surface area contributed by atoms with Gasteiger partial charge in [0.25, 0.3) is 5.91 Å². The summed E-state index contributed by atoms with van der Waals surface area (Å²) in [7, 11) is 0. The van der Waals surface area contributed by atoms with Crippen LogP contribution in [0.5, 0.6) is 5.75 Å². The fraction of sp³-hybridized carbons (Fsp3) is 0.414. The van der Waals surface area contributed by atoms with Crippen LogP contribution >= 0.6 is 0 Å². The number of benzene rings is 2. The molecule has 0 fully saturated rings. The number of ether oxygens (including phenoxy) is 1. The Hall–Kier alpha value is -4.63. The van der Waals surface area contributed by atoms with Crippen molar-refractivity contribution >= 4 is 29.4 Å². The molecule has 3 rings (SSSR count). The fourth-order valence-electron chi connectivity index (χ4n) is 4.06. The summed E-state index contributed by atoms with van der Waals surface area (Å²) < 4.78 is 5.09. The summed E-state index contributed by atoms with van der Waals surface area (Å²) in [5.41, 5.74) is 2.01. The van der Waals surface area contributed by atoms with E-state index in [9.17, 15) is 29.9 Å². The first-order valence-corrected chi connectivity index (χ1v) is 13.2. The third kappa shape index (κ3) is 9.22. The molecule has 1 heterocycles. The number of guanidine groups is 1. The zero-order valence-electron chi connectivity index (χ0n) is 23.6. The van der Waals surface area contributed by atoms with Gasteiger partial charge in [0, 0.05) is 23.9 Å². The van der Waals surface area contributed by atoms with Crippen LogP contribution in [0.3, 0.4) is 0 Å². The maximum atomic E-state index is 12.9. The van der Waals surface area contributed by atoms with Gasteiger partial charge < -0.3 is 36.2 Å². The predicted octanol–water partition coefficient (Wildman–Crippen LogP) is 1.83. The summed E-state index contributed by atoms with van der Waals surface area (Å²) in [4.78, 5) is 42.2. The summed E-state index contributed by atoms with van der Waals surface area (Å²) in [6, 6.07) is 10.7. The number of carbonyl (C=O) groups excluding carboxylic acids is 3. The summed E-state index contributed by atoms with van der Waals surface area (Å²) in [6.45, 7) is 7.95. The largest absolute Gasteiger partial charge is 0.508 e. The minimum atomic E-state index is -0.799. The average molecular weight is 565 g/mol. The SMILES string of the molecule is CCOC(=O)C[C@H](NC(=O)CNC(=O)c1cc(O)cc(NC2=NCC(O)CN2)c1)c1cc(C#N)cc(C(C)(C)C)c1. The molecule has 2 amide bonds. The first kappa shape index (κ1) is 30.9. The Morgan fingerprint density at radius 1 is 1.20 bits per heavy atom. The molecule has 1 aliphatic heterocycles. The van der Waals surface area contributed by atoms with E-state index in [4.69, 9.17) is 4.74 Å². The number of aliphatic hydroxyl groups is 1. The number of anilines is 1. The summed E-state index contributed by atoms with van der Waals surface area (Å²) in [5, 5.41) is 40.4. The molecule has 0 aliphatic carbocycles. The zero-order valence-corrected chi connectivity index (χ0v) is 23.6. The van der Waals surface area contributed by atoms with Crippen molar-refractivity contribution in [2.45, 2.75) is 51.7 Å². The van der Waals surface area contributed by atoms with Crippen molar-refractivity contribution in [2.75, 3.05) is 31.6 Å². The van der Waals surface area contributed by atoms with Gasteiger partial charge in [-0.05, 0) is 47.7 Å². The van der Waals surface area contributed by atoms with E-state index in [1.807, 2.05) is 26.8 Å². The third-order valence-electron chi connectivity index (χ3n) is 6.18. The molecular formula is C29H36N6O6. The number of hydrogen-bond donors (Lipinski definition) is 6. The highest BCUT2D eigenvalue weighted by atomic mass is 16.5. The Bertz CT molecular complexity index is 1360. The molecule has 1 unspecified atom stereocenters. The van der Waals surface area contributed by atoms with Crippen molar-refractivity contribution in [3.05, 3.63) is 58.7 Å². The number of carbonyl (C=O) groups is 3. The smallest absolute Gasteiger partial charge is 0.308 e. The summed E-state index contributed by atoms with van der Waals surface area (Å²) in [6.07, 6.45) is -0.757. The first-order valence-electron chi connectivity index (χ1n) is 13.2. The van der Waals surface area contributed by atoms with E-state index in [1.165, 1.54) is 18.2 Å². The number of esters is 1. The molecule has 12 heteroatoms. The number of rotatable bonds is 9. The normalized spacial score (nSPS) is 15.4. The van der Waals surface area contributed by atoms with Gasteiger partial charge in [-0.2, -0.15) is 5.26 Å². The molecule has 0 saturated heterocycles. The van der Waals surface area contributed by atoms with Crippen LogP contribution < -0.4 is 21.3 Å². The molecule has 0 saturated carbocycles. The van der Waals surface area contributed by atoms with Crippen molar-refractivity contribution in [1.82, 2.24) is 16.0 Å². The van der Waals surface area contributed by atoms with E-state index in [1.54, 1.807) is 19.1 Å². The van der Waals surface area contributed by atoms with Crippen LogP contribution in [0.1, 0.15) is 67.2 Å². The maximum Gasteiger partial charge on any atom is 0.308 e. The fourth-order valence-corrected chi connectivity index (χ4v) is 4.06. The number of aromatic hydroxyl groups is 1. The van der Waals surface area contributed by atoms with E-state index in [-0.39, 0.29) is 36.3 Å². The van der Waals surface area contributed by atoms with E-state index in [0.717, 1.165) is 5.56 Å². The number of aliphatic imine (C=N–C) groups is 1. The topological polar surface area (TPSA) is 185 Å². The first-order chi connectivity index (χ1) is 19.4. The lowest BCUT2D eigenvalue weighted by atomic mass is 9.84. The number of phenols is 1. The molecule has 0 spiro atoms. The van der Waals surface area contributed by atoms with Crippen LogP contribution in [0.4, 0.5) is 5.69 Å². The summed E-state index contributed by atoms with van der Waals surface area (Å²) >= 11 is 0. The molecule has 6 N–H and O–H groups in total. The lowest BCUT2D eigenvalue weighted by Gasteiger charge is -2.24. The number of hydrogen-bond acceptors (Lipinski definition) is 10. The number of nitrogens with zero attached hydrogens (tertiary/aromatic N) is 2. The molecule has 2 atom stereocenters. The van der Waals surface area contributed by atoms with Crippen LogP contribution in [0, 0.1) is 11.3 Å². The molecule has 0 bridgehead atoms. The van der Waals surface area contributed by atoms with Gasteiger partial charge in [0.1, 0.15) is 5.75 Å². The number of phenolic OH excluding ortho intramolecular Hbond substituents is 1. The Kier molecular flexibility index (Phi) is 10.3. The molecule has 218 valence electrons. The van der Waals surface area contributed by atoms with Gasteiger partial charge in [0.15, 0.2) is 5.96 Å². The van der Waals surface area contributed by atoms with Crippen molar-refractivity contribution in [3.8, 4) is 11.8 Å². The number of β-amino-alcohol motifs (C(OH)–C–C–N with tert-alkyl or cyclic N) is 1. The lowest BCUT2D eigenvalue weighted by Crippen LogP contribution is -2.42. The van der Waals surface area contributed by atoms with Crippen LogP contribution in [-0.4, -0.2) is 66.3 Å². The number of nitrogens with one attached hydrogen (secondary N) is 4. The molecule has 0 radical (unpaired) electrons. The Morgan fingerprint density at radius 3 is 2.59 bits per heavy atom. The Morgan fingerprint density at radius 2 is 1.95 bits per heavy atom. The predicted molar refractivity (Wildman–Crippen MR) is 152 cm³/mol. The van der Waals surface area contributed by atoms with Gasteiger partial charge >= 0.3 is 5.97 Å². The second-order valence-corrected chi connectivity index (χ2v) is 10.6. The zero-order chi connectivity index (χ0) is 30.2. The highest BCUT2D eigenvalue weighted by Gasteiger charge is 2.23. The molecule has 2 aromatic rings. The highest BCUT2D eigenvalue weighted by Crippen LogP contribution is 2.28. The number of amides is 2. The van der Waals surface area contributed by atoms with E-state index in [0.29, 0.717) is 29.3 Å². The van der Waals surface area contributed by atoms with Gasteiger partial charge in [0.05, 0.1) is 49.9 Å². The molecule has 41 heavy (non-hydrogen) atoms. The monoisotopic (exact) mass is 564 g/mol. The lowest BCUT2D eigenvalue weighted by molar-refractivity contribution is -0.143. The second kappa shape index (κ2) is 13.6. The minimum absolute atomic E-state index is 0.0939. The highest BCUT2D eigenvalue weighted by molar-refractivity contribution is 6.00. The van der Waals surface area contributed by atoms with Crippen LogP contribution in [-0.2, 0) is 19.7 Å². The maximum absolute atomic E-state index is 12.9. The van der Waals surface area contributed by atoms with Crippen molar-refractivity contribution < 1.29 is 29.3 Å². The van der Waals surface area contributed by atoms with Crippen molar-refractivity contribution in [1.29, 1.82) is 5.26 Å². The Balaban J connectivity index is 1.72. The van der Waals surface area contributed by atoms with E-state index < -0.39 is 36.5 Å². The van der Waals surface area contributed by atoms with E-state index in [2.05, 4.69) is 32.3 Å². The van der Waals surface area contributed by atoms with Crippen LogP contribution in [0.2, 0.25) is 0 Å². The van der Waals surface area contributed by atoms with Gasteiger partial charge in [-0.15, -0.1) is 0 Å². The van der Waals surface area contributed by atoms with E-state index >= 15 is 0 Å². The van der Waals surface area contributed by atoms with Gasteiger partial charge in [-0.25, -0.2) is 0 Å². The van der Waals surface area contributed by atoms with Crippen molar-refractivity contribution in [3.63, 3.8) is 0 Å². The Labute approximate surface area is 238 Å². The van der Waals surface area contributed by atoms with Crippen molar-refractivity contribution in [2.24, 2.45) is 4.99 Å². The second-order valence-electron chi connectivity index (χ2n) is 10.6. The molecule has 12 nitrogen and oxygen atoms in total.